The third kappa shape index (κ3) is 5.05. The summed E-state index contributed by atoms with van der Waals surface area (Å²) >= 11 is 0. The minimum Gasteiger partial charge on any atom is -0.480 e. The summed E-state index contributed by atoms with van der Waals surface area (Å²) in [4.78, 5) is 26.3. The Morgan fingerprint density at radius 2 is 1.83 bits per heavy atom. The number of halogens is 1. The maximum absolute atomic E-state index is 13.6. The van der Waals surface area contributed by atoms with Gasteiger partial charge in [0.25, 0.3) is 5.91 Å². The molecular formula is C24H23FN4O6S. The number of sulfonamides is 1. The van der Waals surface area contributed by atoms with E-state index in [1.165, 1.54) is 65.1 Å². The molecule has 5 N–H and O–H groups in total. The number of carbonyl (C=O) groups excluding carboxylic acids is 1. The number of hydrogen-bond donors (Lipinski definition) is 3. The van der Waals surface area contributed by atoms with Crippen LogP contribution >= 0.6 is 0 Å². The molecule has 4 rings (SSSR count). The average molecular weight is 515 g/mol. The number of aromatic nitrogens is 1. The van der Waals surface area contributed by atoms with Crippen molar-refractivity contribution in [3.05, 3.63) is 89.5 Å². The van der Waals surface area contributed by atoms with E-state index in [4.69, 9.17) is 21.3 Å². The number of carbonyl (C=O) groups is 2. The van der Waals surface area contributed by atoms with Crippen molar-refractivity contribution in [1.29, 1.82) is 0 Å². The van der Waals surface area contributed by atoms with Crippen LogP contribution in [0, 0.1) is 5.82 Å². The maximum Gasteiger partial charge on any atom is 0.320 e. The monoisotopic (exact) mass is 514 g/mol. The lowest BCUT2D eigenvalue weighted by Gasteiger charge is -2.48. The van der Waals surface area contributed by atoms with Gasteiger partial charge in [0.1, 0.15) is 23.3 Å². The first-order valence-corrected chi connectivity index (χ1v) is 12.2. The highest BCUT2D eigenvalue weighted by Gasteiger charge is 2.52. The molecule has 188 valence electrons. The fourth-order valence-corrected chi connectivity index (χ4v) is 5.49. The Morgan fingerprint density at radius 3 is 2.42 bits per heavy atom. The highest BCUT2D eigenvalue weighted by Crippen LogP contribution is 2.40. The van der Waals surface area contributed by atoms with Gasteiger partial charge in [-0.3, -0.25) is 9.59 Å². The molecule has 0 saturated carbocycles. The minimum atomic E-state index is -3.96. The van der Waals surface area contributed by atoms with E-state index in [1.54, 1.807) is 6.07 Å². The van der Waals surface area contributed by atoms with Gasteiger partial charge in [0.15, 0.2) is 5.60 Å². The summed E-state index contributed by atoms with van der Waals surface area (Å²) in [7, 11) is -3.96. The van der Waals surface area contributed by atoms with Crippen LogP contribution in [-0.4, -0.2) is 53.8 Å². The molecule has 1 amide bonds. The first kappa shape index (κ1) is 25.2. The zero-order chi connectivity index (χ0) is 26.1. The van der Waals surface area contributed by atoms with Crippen molar-refractivity contribution < 1.29 is 32.2 Å². The SMILES string of the molecule is NC(=O)c1ccc(OC2(c3ccc(F)cc3)CN(S(=O)(=O)c3cccc(C[C@H](N)C(=O)O)c3)C2)cn1. The number of nitrogens with two attached hydrogens (primary N) is 2. The number of carboxylic acid groups (broad SMARTS) is 1. The molecule has 2 heterocycles. The topological polar surface area (TPSA) is 166 Å². The van der Waals surface area contributed by atoms with Crippen molar-refractivity contribution in [2.45, 2.75) is 23.0 Å². The summed E-state index contributed by atoms with van der Waals surface area (Å²) in [5.74, 6) is -2.08. The summed E-state index contributed by atoms with van der Waals surface area (Å²) in [5, 5.41) is 9.04. The highest BCUT2D eigenvalue weighted by molar-refractivity contribution is 7.89. The second-order valence-electron chi connectivity index (χ2n) is 8.42. The summed E-state index contributed by atoms with van der Waals surface area (Å²) in [5.41, 5.74) is 10.7. The number of carboxylic acids is 1. The summed E-state index contributed by atoms with van der Waals surface area (Å²) in [6.45, 7) is -0.172. The molecule has 1 saturated heterocycles. The third-order valence-electron chi connectivity index (χ3n) is 5.84. The van der Waals surface area contributed by atoms with E-state index in [0.717, 1.165) is 0 Å². The van der Waals surface area contributed by atoms with Gasteiger partial charge in [-0.2, -0.15) is 4.31 Å². The van der Waals surface area contributed by atoms with Gasteiger partial charge in [0.2, 0.25) is 10.0 Å². The standard InChI is InChI=1S/C24H23FN4O6S/c25-17-6-4-16(5-7-17)24(35-18-8-9-21(22(27)30)28-12-18)13-29(14-24)36(33,34)19-3-1-2-15(10-19)11-20(26)23(31)32/h1-10,12,20H,11,13-14,26H2,(H2,27,30)(H,31,32)/t20-/m0/s1. The normalized spacial score (nSPS) is 16.1. The Morgan fingerprint density at radius 1 is 1.14 bits per heavy atom. The van der Waals surface area contributed by atoms with E-state index < -0.39 is 39.4 Å². The lowest BCUT2D eigenvalue weighted by molar-refractivity contribution is -0.138. The molecule has 1 aliphatic heterocycles. The molecule has 0 aliphatic carbocycles. The van der Waals surface area contributed by atoms with Crippen LogP contribution in [0.2, 0.25) is 0 Å². The van der Waals surface area contributed by atoms with Crippen LogP contribution in [0.25, 0.3) is 0 Å². The predicted octanol–water partition coefficient (Wildman–Crippen LogP) is 1.25. The molecule has 0 spiro atoms. The van der Waals surface area contributed by atoms with Gasteiger partial charge in [0.05, 0.1) is 24.2 Å². The number of hydrogen-bond acceptors (Lipinski definition) is 7. The van der Waals surface area contributed by atoms with Gasteiger partial charge in [-0.1, -0.05) is 24.3 Å². The highest BCUT2D eigenvalue weighted by atomic mass is 32.2. The van der Waals surface area contributed by atoms with Crippen LogP contribution in [0.1, 0.15) is 21.6 Å². The number of pyridine rings is 1. The number of amides is 1. The molecule has 1 fully saturated rings. The summed E-state index contributed by atoms with van der Waals surface area (Å²) < 4.78 is 47.6. The second-order valence-corrected chi connectivity index (χ2v) is 10.4. The van der Waals surface area contributed by atoms with Crippen LogP contribution in [0.15, 0.2) is 71.8 Å². The molecule has 2 aromatic carbocycles. The molecule has 0 unspecified atom stereocenters. The van der Waals surface area contributed by atoms with Crippen molar-refractivity contribution in [1.82, 2.24) is 9.29 Å². The van der Waals surface area contributed by atoms with Crippen LogP contribution in [0.5, 0.6) is 5.75 Å². The number of nitrogens with zero attached hydrogens (tertiary/aromatic N) is 2. The fraction of sp³-hybridized carbons (Fsp3) is 0.208. The lowest BCUT2D eigenvalue weighted by Crippen LogP contribution is -2.64. The Kier molecular flexibility index (Phi) is 6.76. The molecule has 1 atom stereocenters. The lowest BCUT2D eigenvalue weighted by atomic mass is 9.87. The van der Waals surface area contributed by atoms with Crippen LogP contribution in [0.4, 0.5) is 4.39 Å². The Bertz CT molecular complexity index is 1390. The smallest absolute Gasteiger partial charge is 0.320 e. The van der Waals surface area contributed by atoms with E-state index in [0.29, 0.717) is 11.1 Å². The number of benzene rings is 2. The van der Waals surface area contributed by atoms with Gasteiger partial charge >= 0.3 is 5.97 Å². The van der Waals surface area contributed by atoms with E-state index in [1.807, 2.05) is 0 Å². The van der Waals surface area contributed by atoms with Crippen molar-refractivity contribution in [3.63, 3.8) is 0 Å². The van der Waals surface area contributed by atoms with Crippen LogP contribution in [-0.2, 0) is 26.8 Å². The minimum absolute atomic E-state index is 0.0160. The molecule has 0 radical (unpaired) electrons. The number of aliphatic carboxylic acids is 1. The van der Waals surface area contributed by atoms with Gasteiger partial charge in [-0.15, -0.1) is 0 Å². The zero-order valence-corrected chi connectivity index (χ0v) is 19.7. The molecule has 1 aromatic heterocycles. The van der Waals surface area contributed by atoms with Crippen LogP contribution in [0.3, 0.4) is 0 Å². The van der Waals surface area contributed by atoms with Gasteiger partial charge in [-0.05, 0) is 53.9 Å². The Hall–Kier alpha value is -3.87. The van der Waals surface area contributed by atoms with E-state index in [-0.39, 0.29) is 35.8 Å². The molecule has 0 bridgehead atoms. The van der Waals surface area contributed by atoms with Crippen molar-refractivity contribution in [3.8, 4) is 5.75 Å². The quantitative estimate of drug-likeness (QED) is 0.384. The molecule has 1 aliphatic rings. The Labute approximate surface area is 206 Å². The van der Waals surface area contributed by atoms with E-state index >= 15 is 0 Å². The van der Waals surface area contributed by atoms with E-state index in [2.05, 4.69) is 4.98 Å². The molecule has 3 aromatic rings. The third-order valence-corrected chi connectivity index (χ3v) is 7.63. The van der Waals surface area contributed by atoms with E-state index in [9.17, 15) is 22.4 Å². The molecular weight excluding hydrogens is 491 g/mol. The van der Waals surface area contributed by atoms with Crippen molar-refractivity contribution in [2.75, 3.05) is 13.1 Å². The number of primary amides is 1. The molecule has 12 heteroatoms. The average Bonchev–Trinajstić information content (AvgIpc) is 2.82. The summed E-state index contributed by atoms with van der Waals surface area (Å²) in [6, 6.07) is 13.2. The Balaban J connectivity index is 1.60. The van der Waals surface area contributed by atoms with Crippen molar-refractivity contribution in [2.24, 2.45) is 11.5 Å². The largest absolute Gasteiger partial charge is 0.480 e. The number of ether oxygens (including phenoxy) is 1. The maximum atomic E-state index is 13.6. The molecule has 10 nitrogen and oxygen atoms in total. The fourth-order valence-electron chi connectivity index (χ4n) is 3.89. The first-order valence-electron chi connectivity index (χ1n) is 10.8. The van der Waals surface area contributed by atoms with Gasteiger partial charge in [-0.25, -0.2) is 17.8 Å². The number of rotatable bonds is 9. The van der Waals surface area contributed by atoms with Crippen molar-refractivity contribution >= 4 is 21.9 Å². The zero-order valence-electron chi connectivity index (χ0n) is 18.9. The van der Waals surface area contributed by atoms with Gasteiger partial charge in [0, 0.05) is 0 Å². The van der Waals surface area contributed by atoms with Gasteiger partial charge < -0.3 is 21.3 Å². The first-order chi connectivity index (χ1) is 17.0. The second kappa shape index (κ2) is 9.64. The molecule has 36 heavy (non-hydrogen) atoms. The van der Waals surface area contributed by atoms with Crippen LogP contribution < -0.4 is 16.2 Å². The summed E-state index contributed by atoms with van der Waals surface area (Å²) in [6.07, 6.45) is 1.27. The predicted molar refractivity (Wildman–Crippen MR) is 126 cm³/mol.